The van der Waals surface area contributed by atoms with Crippen molar-refractivity contribution in [3.63, 3.8) is 0 Å². The van der Waals surface area contributed by atoms with Gasteiger partial charge in [-0.2, -0.15) is 0 Å². The average Bonchev–Trinajstić information content (AvgIpc) is 2.47. The minimum Gasteiger partial charge on any atom is -0.496 e. The first-order valence-corrected chi connectivity index (χ1v) is 6.55. The SMILES string of the molecule is COCCNC(=O)CCNC(=O)c1ccc(N)cc1OC. The predicted octanol–water partition coefficient (Wildman–Crippen LogP) is 0.160. The Hall–Kier alpha value is -2.28. The smallest absolute Gasteiger partial charge is 0.255 e. The summed E-state index contributed by atoms with van der Waals surface area (Å²) in [5, 5.41) is 5.33. The molecule has 1 rings (SSSR count). The summed E-state index contributed by atoms with van der Waals surface area (Å²) in [6.45, 7) is 1.15. The van der Waals surface area contributed by atoms with Gasteiger partial charge in [0.05, 0.1) is 19.3 Å². The van der Waals surface area contributed by atoms with Crippen molar-refractivity contribution in [2.45, 2.75) is 6.42 Å². The molecule has 0 saturated heterocycles. The fourth-order valence-electron chi connectivity index (χ4n) is 1.66. The molecule has 4 N–H and O–H groups in total. The van der Waals surface area contributed by atoms with Gasteiger partial charge in [-0.3, -0.25) is 9.59 Å². The quantitative estimate of drug-likeness (QED) is 0.468. The van der Waals surface area contributed by atoms with Gasteiger partial charge in [0.15, 0.2) is 0 Å². The summed E-state index contributed by atoms with van der Waals surface area (Å²) in [5.41, 5.74) is 6.52. The fraction of sp³-hybridized carbons (Fsp3) is 0.429. The van der Waals surface area contributed by atoms with E-state index in [2.05, 4.69) is 10.6 Å². The molecule has 0 saturated carbocycles. The molecule has 0 bridgehead atoms. The van der Waals surface area contributed by atoms with Crippen LogP contribution in [0.5, 0.6) is 5.75 Å². The molecule has 1 aromatic rings. The van der Waals surface area contributed by atoms with E-state index in [4.69, 9.17) is 15.2 Å². The molecule has 0 aliphatic rings. The maximum atomic E-state index is 12.0. The Balaban J connectivity index is 2.42. The normalized spacial score (nSPS) is 10.0. The van der Waals surface area contributed by atoms with Crippen molar-refractivity contribution in [3.05, 3.63) is 23.8 Å². The van der Waals surface area contributed by atoms with Gasteiger partial charge in [0.2, 0.25) is 5.91 Å². The molecular weight excluding hydrogens is 274 g/mol. The second-order valence-corrected chi connectivity index (χ2v) is 4.31. The highest BCUT2D eigenvalue weighted by molar-refractivity contribution is 5.97. The first kappa shape index (κ1) is 16.8. The molecule has 7 nitrogen and oxygen atoms in total. The monoisotopic (exact) mass is 295 g/mol. The molecule has 21 heavy (non-hydrogen) atoms. The van der Waals surface area contributed by atoms with E-state index in [0.29, 0.717) is 30.2 Å². The molecule has 0 unspecified atom stereocenters. The van der Waals surface area contributed by atoms with E-state index < -0.39 is 0 Å². The van der Waals surface area contributed by atoms with Gasteiger partial charge in [0, 0.05) is 38.4 Å². The number of amides is 2. The first-order valence-electron chi connectivity index (χ1n) is 6.55. The summed E-state index contributed by atoms with van der Waals surface area (Å²) in [6, 6.07) is 4.78. The second kappa shape index (κ2) is 8.80. The summed E-state index contributed by atoms with van der Waals surface area (Å²) < 4.78 is 9.93. The molecule has 0 aromatic heterocycles. The van der Waals surface area contributed by atoms with E-state index in [0.717, 1.165) is 0 Å². The minimum absolute atomic E-state index is 0.142. The van der Waals surface area contributed by atoms with E-state index in [1.807, 2.05) is 0 Å². The highest BCUT2D eigenvalue weighted by Gasteiger charge is 2.12. The largest absolute Gasteiger partial charge is 0.496 e. The van der Waals surface area contributed by atoms with Gasteiger partial charge in [-0.15, -0.1) is 0 Å². The van der Waals surface area contributed by atoms with Crippen molar-refractivity contribution in [1.29, 1.82) is 0 Å². The molecule has 0 radical (unpaired) electrons. The molecule has 0 spiro atoms. The molecule has 2 amide bonds. The van der Waals surface area contributed by atoms with Crippen molar-refractivity contribution in [1.82, 2.24) is 10.6 Å². The number of rotatable bonds is 8. The van der Waals surface area contributed by atoms with E-state index >= 15 is 0 Å². The van der Waals surface area contributed by atoms with Crippen LogP contribution < -0.4 is 21.1 Å². The molecule has 0 atom stereocenters. The predicted molar refractivity (Wildman–Crippen MR) is 79.2 cm³/mol. The lowest BCUT2D eigenvalue weighted by atomic mass is 10.1. The van der Waals surface area contributed by atoms with Gasteiger partial charge in [-0.05, 0) is 12.1 Å². The topological polar surface area (TPSA) is 103 Å². The molecule has 0 fully saturated rings. The van der Waals surface area contributed by atoms with Gasteiger partial charge >= 0.3 is 0 Å². The third-order valence-electron chi connectivity index (χ3n) is 2.74. The number of benzene rings is 1. The summed E-state index contributed by atoms with van der Waals surface area (Å²) >= 11 is 0. The maximum Gasteiger partial charge on any atom is 0.255 e. The van der Waals surface area contributed by atoms with Crippen LogP contribution in [-0.4, -0.2) is 45.7 Å². The van der Waals surface area contributed by atoms with Crippen molar-refractivity contribution < 1.29 is 19.1 Å². The van der Waals surface area contributed by atoms with Gasteiger partial charge in [-0.25, -0.2) is 0 Å². The molecule has 116 valence electrons. The molecule has 1 aromatic carbocycles. The van der Waals surface area contributed by atoms with Gasteiger partial charge in [0.1, 0.15) is 5.75 Å². The zero-order valence-electron chi connectivity index (χ0n) is 12.3. The number of carbonyl (C=O) groups excluding carboxylic acids is 2. The lowest BCUT2D eigenvalue weighted by molar-refractivity contribution is -0.121. The van der Waals surface area contributed by atoms with E-state index in [9.17, 15) is 9.59 Å². The Bertz CT molecular complexity index is 491. The first-order chi connectivity index (χ1) is 10.1. The average molecular weight is 295 g/mol. The fourth-order valence-corrected chi connectivity index (χ4v) is 1.66. The zero-order chi connectivity index (χ0) is 15.7. The van der Waals surface area contributed by atoms with Crippen LogP contribution in [-0.2, 0) is 9.53 Å². The third kappa shape index (κ3) is 5.70. The van der Waals surface area contributed by atoms with Crippen LogP contribution in [0.3, 0.4) is 0 Å². The van der Waals surface area contributed by atoms with Crippen molar-refractivity contribution >= 4 is 17.5 Å². The van der Waals surface area contributed by atoms with Crippen LogP contribution in [0.2, 0.25) is 0 Å². The Kier molecular flexibility index (Phi) is 7.03. The number of hydrogen-bond donors (Lipinski definition) is 3. The van der Waals surface area contributed by atoms with Crippen LogP contribution in [0.4, 0.5) is 5.69 Å². The summed E-state index contributed by atoms with van der Waals surface area (Å²) in [6.07, 6.45) is 0.201. The molecule has 7 heteroatoms. The van der Waals surface area contributed by atoms with Gasteiger partial charge in [0.25, 0.3) is 5.91 Å². The summed E-state index contributed by atoms with van der Waals surface area (Å²) in [4.78, 5) is 23.4. The van der Waals surface area contributed by atoms with Crippen LogP contribution in [0.1, 0.15) is 16.8 Å². The van der Waals surface area contributed by atoms with Crippen LogP contribution >= 0.6 is 0 Å². The lowest BCUT2D eigenvalue weighted by Crippen LogP contribution is -2.32. The number of nitrogen functional groups attached to an aromatic ring is 1. The number of carbonyl (C=O) groups is 2. The van der Waals surface area contributed by atoms with E-state index in [1.54, 1.807) is 25.3 Å². The van der Waals surface area contributed by atoms with E-state index in [-0.39, 0.29) is 24.8 Å². The van der Waals surface area contributed by atoms with Crippen LogP contribution in [0, 0.1) is 0 Å². The second-order valence-electron chi connectivity index (χ2n) is 4.31. The number of nitrogens with two attached hydrogens (primary N) is 1. The zero-order valence-corrected chi connectivity index (χ0v) is 12.3. The minimum atomic E-state index is -0.309. The van der Waals surface area contributed by atoms with Gasteiger partial charge < -0.3 is 25.8 Å². The lowest BCUT2D eigenvalue weighted by Gasteiger charge is -2.10. The van der Waals surface area contributed by atoms with Crippen LogP contribution in [0.25, 0.3) is 0 Å². The Morgan fingerprint density at radius 3 is 2.62 bits per heavy atom. The number of ether oxygens (including phenoxy) is 2. The Morgan fingerprint density at radius 2 is 1.95 bits per heavy atom. The van der Waals surface area contributed by atoms with Gasteiger partial charge in [-0.1, -0.05) is 0 Å². The third-order valence-corrected chi connectivity index (χ3v) is 2.74. The Morgan fingerprint density at radius 1 is 1.19 bits per heavy atom. The maximum absolute atomic E-state index is 12.0. The van der Waals surface area contributed by atoms with Crippen molar-refractivity contribution in [3.8, 4) is 5.75 Å². The van der Waals surface area contributed by atoms with Crippen LogP contribution in [0.15, 0.2) is 18.2 Å². The highest BCUT2D eigenvalue weighted by atomic mass is 16.5. The molecular formula is C14H21N3O4. The van der Waals surface area contributed by atoms with Crippen molar-refractivity contribution in [2.24, 2.45) is 0 Å². The standard InChI is InChI=1S/C14H21N3O4/c1-20-8-7-16-13(18)5-6-17-14(19)11-4-3-10(15)9-12(11)21-2/h3-4,9H,5-8,15H2,1-2H3,(H,16,18)(H,17,19). The number of hydrogen-bond acceptors (Lipinski definition) is 5. The molecule has 0 aliphatic carbocycles. The van der Waals surface area contributed by atoms with E-state index in [1.165, 1.54) is 7.11 Å². The molecule has 0 heterocycles. The Labute approximate surface area is 123 Å². The number of methoxy groups -OCH3 is 2. The summed E-state index contributed by atoms with van der Waals surface area (Å²) in [5.74, 6) is -0.0507. The van der Waals surface area contributed by atoms with Crippen molar-refractivity contribution in [2.75, 3.05) is 39.6 Å². The highest BCUT2D eigenvalue weighted by Crippen LogP contribution is 2.21. The summed E-state index contributed by atoms with van der Waals surface area (Å²) in [7, 11) is 3.03. The molecule has 0 aliphatic heterocycles. The number of nitrogens with one attached hydrogen (secondary N) is 2. The number of anilines is 1.